The summed E-state index contributed by atoms with van der Waals surface area (Å²) in [6.45, 7) is -0.188. The van der Waals surface area contributed by atoms with E-state index in [0.717, 1.165) is 11.5 Å². The molecule has 0 saturated carbocycles. The van der Waals surface area contributed by atoms with Crippen LogP contribution in [0.1, 0.15) is 15.7 Å². The highest BCUT2D eigenvalue weighted by atomic mass is 32.2. The van der Waals surface area contributed by atoms with E-state index in [4.69, 9.17) is 9.47 Å². The molecule has 2 aromatic carbocycles. The third-order valence-corrected chi connectivity index (χ3v) is 7.05. The molecule has 1 aliphatic heterocycles. The van der Waals surface area contributed by atoms with Gasteiger partial charge in [0.2, 0.25) is 0 Å². The first kappa shape index (κ1) is 21.0. The van der Waals surface area contributed by atoms with Gasteiger partial charge in [-0.1, -0.05) is 12.1 Å². The smallest absolute Gasteiger partial charge is 0.311 e. The van der Waals surface area contributed by atoms with E-state index in [1.807, 2.05) is 47.8 Å². The van der Waals surface area contributed by atoms with Gasteiger partial charge in [-0.05, 0) is 29.8 Å². The molecule has 1 heterocycles. The Morgan fingerprint density at radius 3 is 2.66 bits per heavy atom. The average molecular weight is 434 g/mol. The summed E-state index contributed by atoms with van der Waals surface area (Å²) in [6.07, 6.45) is 1.32. The number of carbonyl (C=O) groups is 1. The Balaban J connectivity index is 1.48. The molecule has 0 bridgehead atoms. The van der Waals surface area contributed by atoms with Crippen molar-refractivity contribution in [3.05, 3.63) is 63.7 Å². The lowest BCUT2D eigenvalue weighted by molar-refractivity contribution is -0.385. The maximum absolute atomic E-state index is 11.9. The van der Waals surface area contributed by atoms with Crippen molar-refractivity contribution < 1.29 is 19.2 Å². The Morgan fingerprint density at radius 2 is 2.00 bits per heavy atom. The lowest BCUT2D eigenvalue weighted by Crippen LogP contribution is -2.24. The first-order valence-corrected chi connectivity index (χ1v) is 10.8. The van der Waals surface area contributed by atoms with Gasteiger partial charge >= 0.3 is 5.69 Å². The molecule has 0 atom stereocenters. The van der Waals surface area contributed by atoms with E-state index in [1.54, 1.807) is 6.07 Å². The van der Waals surface area contributed by atoms with Crippen molar-refractivity contribution in [2.45, 2.75) is 4.58 Å². The van der Waals surface area contributed by atoms with Gasteiger partial charge in [0, 0.05) is 23.1 Å². The number of hydrogen-bond acceptors (Lipinski definition) is 8. The molecule has 1 saturated heterocycles. The van der Waals surface area contributed by atoms with Crippen LogP contribution in [0.5, 0.6) is 11.5 Å². The predicted molar refractivity (Wildman–Crippen MR) is 115 cm³/mol. The number of methoxy groups -OCH3 is 1. The fourth-order valence-electron chi connectivity index (χ4n) is 2.56. The quantitative estimate of drug-likeness (QED) is 0.385. The summed E-state index contributed by atoms with van der Waals surface area (Å²) in [5, 5.41) is 14.8. The molecule has 10 heteroatoms. The number of benzene rings is 2. The predicted octanol–water partition coefficient (Wildman–Crippen LogP) is 3.61. The van der Waals surface area contributed by atoms with Crippen LogP contribution in [0, 0.1) is 10.1 Å². The summed E-state index contributed by atoms with van der Waals surface area (Å²) < 4.78 is 10.9. The zero-order chi connectivity index (χ0) is 20.6. The monoisotopic (exact) mass is 433 g/mol. The van der Waals surface area contributed by atoms with E-state index in [2.05, 4.69) is 10.5 Å². The fourth-order valence-corrected chi connectivity index (χ4v) is 5.42. The molecule has 0 aliphatic carbocycles. The third kappa shape index (κ3) is 5.88. The maximum Gasteiger partial charge on any atom is 0.311 e. The minimum atomic E-state index is -0.544. The summed E-state index contributed by atoms with van der Waals surface area (Å²) in [5.74, 6) is 2.65. The highest BCUT2D eigenvalue weighted by molar-refractivity contribution is 8.19. The minimum Gasteiger partial charge on any atom is -0.490 e. The van der Waals surface area contributed by atoms with E-state index in [-0.39, 0.29) is 18.0 Å². The number of thioether (sulfide) groups is 2. The van der Waals surface area contributed by atoms with Crippen molar-refractivity contribution >= 4 is 41.3 Å². The summed E-state index contributed by atoms with van der Waals surface area (Å²) in [5.41, 5.74) is 3.85. The number of carbonyl (C=O) groups excluding carboxylic acids is 1. The zero-order valence-corrected chi connectivity index (χ0v) is 17.2. The van der Waals surface area contributed by atoms with E-state index in [9.17, 15) is 14.9 Å². The number of rotatable bonds is 8. The van der Waals surface area contributed by atoms with Gasteiger partial charge in [0.05, 0.1) is 22.8 Å². The summed E-state index contributed by atoms with van der Waals surface area (Å²) in [4.78, 5) is 22.4. The summed E-state index contributed by atoms with van der Waals surface area (Å²) in [6, 6.07) is 12.1. The SMILES string of the molecule is COc1ccc(/C=N\NC(=O)COc2ccc(C3SCCS3)cc2)cc1[N+](=O)[O-]. The second-order valence-electron chi connectivity index (χ2n) is 5.91. The van der Waals surface area contributed by atoms with Crippen molar-refractivity contribution in [3.63, 3.8) is 0 Å². The molecule has 0 radical (unpaired) electrons. The van der Waals surface area contributed by atoms with Gasteiger partial charge in [-0.3, -0.25) is 14.9 Å². The summed E-state index contributed by atoms with van der Waals surface area (Å²) >= 11 is 3.86. The van der Waals surface area contributed by atoms with Crippen LogP contribution < -0.4 is 14.9 Å². The highest BCUT2D eigenvalue weighted by Crippen LogP contribution is 2.45. The molecular weight excluding hydrogens is 414 g/mol. The van der Waals surface area contributed by atoms with Crippen LogP contribution in [0.4, 0.5) is 5.69 Å². The number of nitro benzene ring substituents is 1. The van der Waals surface area contributed by atoms with Crippen LogP contribution in [-0.2, 0) is 4.79 Å². The molecule has 0 aromatic heterocycles. The largest absolute Gasteiger partial charge is 0.490 e. The number of nitrogens with zero attached hydrogens (tertiary/aromatic N) is 2. The minimum absolute atomic E-state index is 0.153. The summed E-state index contributed by atoms with van der Waals surface area (Å²) in [7, 11) is 1.36. The molecule has 3 rings (SSSR count). The first-order chi connectivity index (χ1) is 14.1. The first-order valence-electron chi connectivity index (χ1n) is 8.67. The van der Waals surface area contributed by atoms with Gasteiger partial charge in [-0.25, -0.2) is 5.43 Å². The normalized spacial score (nSPS) is 14.1. The van der Waals surface area contributed by atoms with Crippen LogP contribution in [0.25, 0.3) is 0 Å². The van der Waals surface area contributed by atoms with Crippen molar-refractivity contribution in [2.75, 3.05) is 25.2 Å². The van der Waals surface area contributed by atoms with Crippen LogP contribution >= 0.6 is 23.5 Å². The molecule has 8 nitrogen and oxygen atoms in total. The molecule has 2 aromatic rings. The Bertz CT molecular complexity index is 899. The molecular formula is C19H19N3O5S2. The Labute approximate surface area is 176 Å². The second-order valence-corrected chi connectivity index (χ2v) is 8.64. The third-order valence-electron chi connectivity index (χ3n) is 3.95. The molecule has 152 valence electrons. The highest BCUT2D eigenvalue weighted by Gasteiger charge is 2.18. The van der Waals surface area contributed by atoms with Gasteiger partial charge in [0.25, 0.3) is 5.91 Å². The molecule has 1 amide bonds. The number of nitro groups is 1. The van der Waals surface area contributed by atoms with Gasteiger partial charge < -0.3 is 9.47 Å². The Hall–Kier alpha value is -2.72. The van der Waals surface area contributed by atoms with Gasteiger partial charge in [0.15, 0.2) is 12.4 Å². The van der Waals surface area contributed by atoms with E-state index in [0.29, 0.717) is 15.9 Å². The number of amides is 1. The molecule has 1 fully saturated rings. The lowest BCUT2D eigenvalue weighted by Gasteiger charge is -2.10. The molecule has 1 N–H and O–H groups in total. The van der Waals surface area contributed by atoms with E-state index >= 15 is 0 Å². The average Bonchev–Trinajstić information content (AvgIpc) is 3.27. The maximum atomic E-state index is 11.9. The number of hydrogen-bond donors (Lipinski definition) is 1. The van der Waals surface area contributed by atoms with Crippen molar-refractivity contribution in [2.24, 2.45) is 5.10 Å². The standard InChI is InChI=1S/C19H19N3O5S2/c1-26-17-7-2-13(10-16(17)22(24)25)11-20-21-18(23)12-27-15-5-3-14(4-6-15)19-28-8-9-29-19/h2-7,10-11,19H,8-9,12H2,1H3,(H,21,23)/b20-11-. The molecule has 0 spiro atoms. The second kappa shape index (κ2) is 10.2. The number of ether oxygens (including phenoxy) is 2. The van der Waals surface area contributed by atoms with Crippen molar-refractivity contribution in [1.29, 1.82) is 0 Å². The van der Waals surface area contributed by atoms with Crippen LogP contribution in [0.15, 0.2) is 47.6 Å². The molecule has 29 heavy (non-hydrogen) atoms. The van der Waals surface area contributed by atoms with Crippen LogP contribution in [-0.4, -0.2) is 42.3 Å². The van der Waals surface area contributed by atoms with Crippen LogP contribution in [0.3, 0.4) is 0 Å². The van der Waals surface area contributed by atoms with Gasteiger partial charge in [0.1, 0.15) is 5.75 Å². The van der Waals surface area contributed by atoms with Crippen molar-refractivity contribution in [3.8, 4) is 11.5 Å². The van der Waals surface area contributed by atoms with Crippen LogP contribution in [0.2, 0.25) is 0 Å². The molecule has 0 unspecified atom stereocenters. The molecule has 1 aliphatic rings. The zero-order valence-electron chi connectivity index (χ0n) is 15.6. The number of hydrazone groups is 1. The Kier molecular flexibility index (Phi) is 7.36. The lowest BCUT2D eigenvalue weighted by atomic mass is 10.2. The van der Waals surface area contributed by atoms with E-state index < -0.39 is 10.8 Å². The van der Waals surface area contributed by atoms with E-state index in [1.165, 1.54) is 31.0 Å². The number of nitrogens with one attached hydrogen (secondary N) is 1. The topological polar surface area (TPSA) is 103 Å². The van der Waals surface area contributed by atoms with Gasteiger partial charge in [-0.2, -0.15) is 5.10 Å². The van der Waals surface area contributed by atoms with Gasteiger partial charge in [-0.15, -0.1) is 23.5 Å². The fraction of sp³-hybridized carbons (Fsp3) is 0.263. The Morgan fingerprint density at radius 1 is 1.28 bits per heavy atom. The van der Waals surface area contributed by atoms with Crippen molar-refractivity contribution in [1.82, 2.24) is 5.43 Å².